The second-order valence-corrected chi connectivity index (χ2v) is 6.46. The van der Waals surface area contributed by atoms with Gasteiger partial charge in [-0.05, 0) is 31.2 Å². The molecule has 0 bridgehead atoms. The number of aliphatic hydroxyl groups is 1. The summed E-state index contributed by atoms with van der Waals surface area (Å²) in [7, 11) is 0. The Morgan fingerprint density at radius 2 is 1.89 bits per heavy atom. The highest BCUT2D eigenvalue weighted by Crippen LogP contribution is 2.49. The number of thiophene rings is 1. The van der Waals surface area contributed by atoms with E-state index in [2.05, 4.69) is 6.07 Å². The Hall–Kier alpha value is -0.850. The minimum absolute atomic E-state index is 0.613. The van der Waals surface area contributed by atoms with E-state index in [1.807, 2.05) is 24.4 Å². The molecule has 1 aromatic rings. The Morgan fingerprint density at radius 3 is 2.39 bits per heavy atom. The van der Waals surface area contributed by atoms with Crippen LogP contribution in [0.15, 0.2) is 17.5 Å². The Labute approximate surface area is 113 Å². The van der Waals surface area contributed by atoms with Gasteiger partial charge in [-0.3, -0.25) is 0 Å². The maximum Gasteiger partial charge on any atom is 0.114 e. The average Bonchev–Trinajstić information content (AvgIpc) is 2.83. The van der Waals surface area contributed by atoms with E-state index in [9.17, 15) is 10.4 Å². The van der Waals surface area contributed by atoms with E-state index in [4.69, 9.17) is 0 Å². The van der Waals surface area contributed by atoms with Crippen molar-refractivity contribution in [1.29, 1.82) is 5.26 Å². The minimum Gasteiger partial charge on any atom is -0.383 e. The van der Waals surface area contributed by atoms with Crippen LogP contribution in [0, 0.1) is 16.7 Å². The number of nitrogens with zero attached hydrogens (tertiary/aromatic N) is 1. The molecule has 1 unspecified atom stereocenters. The normalized spacial score (nSPS) is 23.4. The average molecular weight is 263 g/mol. The molecule has 1 heterocycles. The van der Waals surface area contributed by atoms with Gasteiger partial charge in [0.15, 0.2) is 0 Å². The molecule has 1 atom stereocenters. The topological polar surface area (TPSA) is 44.0 Å². The molecule has 0 aromatic carbocycles. The summed E-state index contributed by atoms with van der Waals surface area (Å²) in [6, 6.07) is 6.36. The van der Waals surface area contributed by atoms with Crippen LogP contribution in [0.5, 0.6) is 0 Å². The van der Waals surface area contributed by atoms with E-state index in [0.29, 0.717) is 0 Å². The molecule has 1 saturated carbocycles. The molecule has 1 aliphatic carbocycles. The van der Waals surface area contributed by atoms with E-state index in [-0.39, 0.29) is 0 Å². The number of hydrogen-bond donors (Lipinski definition) is 1. The Bertz CT molecular complexity index is 408. The predicted octanol–water partition coefficient (Wildman–Crippen LogP) is 4.21. The van der Waals surface area contributed by atoms with Crippen molar-refractivity contribution < 1.29 is 5.11 Å². The van der Waals surface area contributed by atoms with Crippen molar-refractivity contribution in [2.24, 2.45) is 5.41 Å². The van der Waals surface area contributed by atoms with Crippen LogP contribution in [-0.2, 0) is 5.60 Å². The molecule has 1 fully saturated rings. The molecular weight excluding hydrogens is 242 g/mol. The highest BCUT2D eigenvalue weighted by Gasteiger charge is 2.48. The van der Waals surface area contributed by atoms with Gasteiger partial charge >= 0.3 is 0 Å². The third-order valence-electron chi connectivity index (χ3n) is 4.35. The summed E-state index contributed by atoms with van der Waals surface area (Å²) in [6.45, 7) is 1.82. The van der Waals surface area contributed by atoms with Gasteiger partial charge in [0.25, 0.3) is 0 Å². The van der Waals surface area contributed by atoms with Crippen LogP contribution in [0.3, 0.4) is 0 Å². The first-order valence-corrected chi connectivity index (χ1v) is 7.68. The van der Waals surface area contributed by atoms with Crippen LogP contribution in [0.2, 0.25) is 0 Å². The molecule has 0 saturated heterocycles. The van der Waals surface area contributed by atoms with Gasteiger partial charge in [-0.15, -0.1) is 11.3 Å². The fourth-order valence-electron chi connectivity index (χ4n) is 3.01. The summed E-state index contributed by atoms with van der Waals surface area (Å²) in [5.74, 6) is 0. The Kier molecular flexibility index (Phi) is 4.09. The van der Waals surface area contributed by atoms with Crippen molar-refractivity contribution in [3.05, 3.63) is 22.4 Å². The SMILES string of the molecule is CC(O)(c1cccs1)C1(C#N)CCCCCCC1. The van der Waals surface area contributed by atoms with Crippen LogP contribution < -0.4 is 0 Å². The smallest absolute Gasteiger partial charge is 0.114 e. The molecule has 3 heteroatoms. The summed E-state index contributed by atoms with van der Waals surface area (Å²) in [4.78, 5) is 0.921. The first kappa shape index (κ1) is 13.6. The lowest BCUT2D eigenvalue weighted by atomic mass is 9.66. The van der Waals surface area contributed by atoms with Gasteiger partial charge in [-0.2, -0.15) is 5.26 Å². The number of nitriles is 1. The summed E-state index contributed by atoms with van der Waals surface area (Å²) < 4.78 is 0. The van der Waals surface area contributed by atoms with Crippen molar-refractivity contribution in [2.75, 3.05) is 0 Å². The highest BCUT2D eigenvalue weighted by atomic mass is 32.1. The van der Waals surface area contributed by atoms with Gasteiger partial charge in [0.05, 0.1) is 11.5 Å². The van der Waals surface area contributed by atoms with Crippen LogP contribution in [-0.4, -0.2) is 5.11 Å². The first-order valence-electron chi connectivity index (χ1n) is 6.80. The standard InChI is InChI=1S/C15H21NOS/c1-14(17,13-8-7-11-18-13)15(12-16)9-5-3-2-4-6-10-15/h7-8,11,17H,2-6,9-10H2,1H3. The summed E-state index contributed by atoms with van der Waals surface area (Å²) in [5.41, 5.74) is -1.63. The maximum atomic E-state index is 11.0. The van der Waals surface area contributed by atoms with Gasteiger partial charge in [0.1, 0.15) is 5.60 Å². The molecule has 2 rings (SSSR count). The lowest BCUT2D eigenvalue weighted by Crippen LogP contribution is -2.42. The molecule has 0 spiro atoms. The van der Waals surface area contributed by atoms with Gasteiger partial charge in [-0.1, -0.05) is 38.2 Å². The molecule has 1 N–H and O–H groups in total. The van der Waals surface area contributed by atoms with Crippen LogP contribution in [0.1, 0.15) is 56.7 Å². The van der Waals surface area contributed by atoms with E-state index in [1.54, 1.807) is 11.3 Å². The van der Waals surface area contributed by atoms with Gasteiger partial charge in [0.2, 0.25) is 0 Å². The fraction of sp³-hybridized carbons (Fsp3) is 0.667. The lowest BCUT2D eigenvalue weighted by Gasteiger charge is -2.41. The minimum atomic E-state index is -1.02. The van der Waals surface area contributed by atoms with E-state index in [0.717, 1.165) is 30.6 Å². The van der Waals surface area contributed by atoms with Crippen molar-refractivity contribution in [2.45, 2.75) is 57.5 Å². The molecule has 18 heavy (non-hydrogen) atoms. The van der Waals surface area contributed by atoms with E-state index >= 15 is 0 Å². The number of rotatable bonds is 2. The number of hydrogen-bond acceptors (Lipinski definition) is 3. The molecule has 0 aliphatic heterocycles. The van der Waals surface area contributed by atoms with Crippen LogP contribution in [0.25, 0.3) is 0 Å². The van der Waals surface area contributed by atoms with Crippen molar-refractivity contribution in [3.63, 3.8) is 0 Å². The largest absolute Gasteiger partial charge is 0.383 e. The van der Waals surface area contributed by atoms with Crippen molar-refractivity contribution >= 4 is 11.3 Å². The molecular formula is C15H21NOS. The molecule has 2 nitrogen and oxygen atoms in total. The summed E-state index contributed by atoms with van der Waals surface area (Å²) in [5, 5.41) is 22.6. The van der Waals surface area contributed by atoms with E-state index < -0.39 is 11.0 Å². The quantitative estimate of drug-likeness (QED) is 0.868. The predicted molar refractivity (Wildman–Crippen MR) is 74.3 cm³/mol. The third-order valence-corrected chi connectivity index (χ3v) is 5.43. The van der Waals surface area contributed by atoms with Crippen molar-refractivity contribution in [1.82, 2.24) is 0 Å². The lowest BCUT2D eigenvalue weighted by molar-refractivity contribution is -0.0552. The van der Waals surface area contributed by atoms with Gasteiger partial charge in [-0.25, -0.2) is 0 Å². The summed E-state index contributed by atoms with van der Waals surface area (Å²) >= 11 is 1.55. The zero-order valence-corrected chi connectivity index (χ0v) is 11.8. The highest BCUT2D eigenvalue weighted by molar-refractivity contribution is 7.10. The second kappa shape index (κ2) is 5.42. The monoisotopic (exact) mass is 263 g/mol. The zero-order valence-electron chi connectivity index (χ0n) is 11.0. The fourth-order valence-corrected chi connectivity index (χ4v) is 3.89. The maximum absolute atomic E-state index is 11.0. The summed E-state index contributed by atoms with van der Waals surface area (Å²) in [6.07, 6.45) is 7.36. The van der Waals surface area contributed by atoms with Crippen molar-refractivity contribution in [3.8, 4) is 6.07 Å². The Balaban J connectivity index is 2.32. The molecule has 0 amide bonds. The van der Waals surface area contributed by atoms with Crippen LogP contribution >= 0.6 is 11.3 Å². The molecule has 98 valence electrons. The zero-order chi connectivity index (χ0) is 13.1. The van der Waals surface area contributed by atoms with E-state index in [1.165, 1.54) is 19.3 Å². The van der Waals surface area contributed by atoms with Gasteiger partial charge in [0, 0.05) is 4.88 Å². The third kappa shape index (κ3) is 2.32. The molecule has 0 radical (unpaired) electrons. The van der Waals surface area contributed by atoms with Gasteiger partial charge < -0.3 is 5.11 Å². The molecule has 1 aliphatic rings. The van der Waals surface area contributed by atoms with Crippen LogP contribution in [0.4, 0.5) is 0 Å². The molecule has 1 aromatic heterocycles. The Morgan fingerprint density at radius 1 is 1.28 bits per heavy atom. The first-order chi connectivity index (χ1) is 8.62. The second-order valence-electron chi connectivity index (χ2n) is 5.51.